The smallest absolute Gasteiger partial charge is 0.252 e. The molecule has 1 aliphatic rings. The van der Waals surface area contributed by atoms with E-state index in [0.29, 0.717) is 18.6 Å². The Morgan fingerprint density at radius 3 is 2.80 bits per heavy atom. The molecule has 3 heterocycles. The van der Waals surface area contributed by atoms with Crippen molar-refractivity contribution >= 4 is 11.7 Å². The van der Waals surface area contributed by atoms with Crippen molar-refractivity contribution in [1.29, 1.82) is 0 Å². The summed E-state index contributed by atoms with van der Waals surface area (Å²) in [6.45, 7) is 6.85. The van der Waals surface area contributed by atoms with Crippen LogP contribution < -0.4 is 5.32 Å². The first kappa shape index (κ1) is 17.8. The summed E-state index contributed by atoms with van der Waals surface area (Å²) in [4.78, 5) is 23.2. The van der Waals surface area contributed by atoms with E-state index in [1.54, 1.807) is 4.52 Å². The zero-order valence-electron chi connectivity index (χ0n) is 15.5. The van der Waals surface area contributed by atoms with Crippen LogP contribution in [0.2, 0.25) is 0 Å². The molecule has 7 heteroatoms. The Labute approximate surface area is 148 Å². The maximum absolute atomic E-state index is 12.6. The average molecular weight is 344 g/mol. The van der Waals surface area contributed by atoms with Gasteiger partial charge < -0.3 is 10.2 Å². The molecule has 0 spiro atoms. The molecule has 1 saturated heterocycles. The molecule has 2 aromatic heterocycles. The van der Waals surface area contributed by atoms with Crippen molar-refractivity contribution in [1.82, 2.24) is 29.8 Å². The van der Waals surface area contributed by atoms with E-state index < -0.39 is 0 Å². The van der Waals surface area contributed by atoms with Crippen molar-refractivity contribution in [2.24, 2.45) is 5.92 Å². The minimum absolute atomic E-state index is 0.254. The summed E-state index contributed by atoms with van der Waals surface area (Å²) in [6, 6.07) is 0. The first-order valence-corrected chi connectivity index (χ1v) is 9.18. The second-order valence-electron chi connectivity index (χ2n) is 6.95. The predicted molar refractivity (Wildman–Crippen MR) is 96.4 cm³/mol. The van der Waals surface area contributed by atoms with Crippen molar-refractivity contribution in [2.75, 3.05) is 26.7 Å². The van der Waals surface area contributed by atoms with Gasteiger partial charge in [-0.25, -0.2) is 9.50 Å². The number of carbonyl (C=O) groups excluding carboxylic acids is 1. The lowest BCUT2D eigenvalue weighted by atomic mass is 9.93. The summed E-state index contributed by atoms with van der Waals surface area (Å²) in [5.74, 6) is 1.62. The van der Waals surface area contributed by atoms with Crippen LogP contribution in [0.5, 0.6) is 0 Å². The van der Waals surface area contributed by atoms with Crippen LogP contribution >= 0.6 is 0 Å². The standard InChI is InChI=1S/C18H28N6O/c1-13-16(14(2)24-18(22-13)20-12-21-24)4-5-17(25)23-10-7-15(8-11-23)6-9-19-3/h12,15,19H,4-11H2,1-3H3. The first-order chi connectivity index (χ1) is 12.1. The quantitative estimate of drug-likeness (QED) is 0.860. The summed E-state index contributed by atoms with van der Waals surface area (Å²) in [6.07, 6.45) is 6.21. The number of piperidine rings is 1. The minimum atomic E-state index is 0.254. The van der Waals surface area contributed by atoms with Gasteiger partial charge in [-0.15, -0.1) is 0 Å². The molecule has 136 valence electrons. The number of hydrogen-bond donors (Lipinski definition) is 1. The molecular formula is C18H28N6O. The maximum Gasteiger partial charge on any atom is 0.252 e. The molecule has 1 fully saturated rings. The van der Waals surface area contributed by atoms with Gasteiger partial charge in [0, 0.05) is 30.9 Å². The average Bonchev–Trinajstić information content (AvgIpc) is 3.08. The summed E-state index contributed by atoms with van der Waals surface area (Å²) < 4.78 is 1.75. The molecule has 2 aromatic rings. The fourth-order valence-electron chi connectivity index (χ4n) is 3.73. The summed E-state index contributed by atoms with van der Waals surface area (Å²) in [5, 5.41) is 7.42. The van der Waals surface area contributed by atoms with Gasteiger partial charge in [0.05, 0.1) is 0 Å². The van der Waals surface area contributed by atoms with Gasteiger partial charge >= 0.3 is 0 Å². The highest BCUT2D eigenvalue weighted by atomic mass is 16.2. The zero-order valence-corrected chi connectivity index (χ0v) is 15.5. The summed E-state index contributed by atoms with van der Waals surface area (Å²) in [7, 11) is 1.99. The van der Waals surface area contributed by atoms with E-state index in [1.807, 2.05) is 25.8 Å². The number of hydrogen-bond acceptors (Lipinski definition) is 5. The number of amides is 1. The van der Waals surface area contributed by atoms with Gasteiger partial charge in [-0.05, 0) is 64.6 Å². The second kappa shape index (κ2) is 7.91. The van der Waals surface area contributed by atoms with Gasteiger partial charge in [0.25, 0.3) is 5.78 Å². The molecule has 0 bridgehead atoms. The molecule has 1 N–H and O–H groups in total. The number of nitrogens with zero attached hydrogens (tertiary/aromatic N) is 5. The lowest BCUT2D eigenvalue weighted by Crippen LogP contribution is -2.39. The van der Waals surface area contributed by atoms with Gasteiger partial charge in [-0.3, -0.25) is 4.79 Å². The van der Waals surface area contributed by atoms with Crippen molar-refractivity contribution in [3.05, 3.63) is 23.3 Å². The Morgan fingerprint density at radius 2 is 2.08 bits per heavy atom. The Morgan fingerprint density at radius 1 is 1.32 bits per heavy atom. The van der Waals surface area contributed by atoms with Crippen molar-refractivity contribution in [3.63, 3.8) is 0 Å². The minimum Gasteiger partial charge on any atom is -0.343 e. The van der Waals surface area contributed by atoms with Crippen LogP contribution in [0.1, 0.15) is 42.6 Å². The number of nitrogens with one attached hydrogen (secondary N) is 1. The fraction of sp³-hybridized carbons (Fsp3) is 0.667. The third kappa shape index (κ3) is 3.98. The highest BCUT2D eigenvalue weighted by Gasteiger charge is 2.22. The Kier molecular flexibility index (Phi) is 5.63. The van der Waals surface area contributed by atoms with Gasteiger partial charge in [0.1, 0.15) is 6.33 Å². The molecular weight excluding hydrogens is 316 g/mol. The number of fused-ring (bicyclic) bond motifs is 1. The molecule has 0 unspecified atom stereocenters. The first-order valence-electron chi connectivity index (χ1n) is 9.18. The van der Waals surface area contributed by atoms with Gasteiger partial charge in [-0.1, -0.05) is 0 Å². The van der Waals surface area contributed by atoms with Crippen LogP contribution in [-0.2, 0) is 11.2 Å². The Hall–Kier alpha value is -2.02. The number of rotatable bonds is 6. The molecule has 0 saturated carbocycles. The van der Waals surface area contributed by atoms with Gasteiger partial charge in [0.15, 0.2) is 0 Å². The van der Waals surface area contributed by atoms with Crippen LogP contribution in [0.3, 0.4) is 0 Å². The highest BCUT2D eigenvalue weighted by molar-refractivity contribution is 5.76. The largest absolute Gasteiger partial charge is 0.343 e. The molecule has 1 amide bonds. The van der Waals surface area contributed by atoms with Gasteiger partial charge in [-0.2, -0.15) is 10.1 Å². The SMILES string of the molecule is CNCCC1CCN(C(=O)CCc2c(C)nc3ncnn3c2C)CC1. The highest BCUT2D eigenvalue weighted by Crippen LogP contribution is 2.21. The number of carbonyl (C=O) groups is 1. The summed E-state index contributed by atoms with van der Waals surface area (Å²) >= 11 is 0. The summed E-state index contributed by atoms with van der Waals surface area (Å²) in [5.41, 5.74) is 3.07. The molecule has 1 aliphatic heterocycles. The number of aromatic nitrogens is 4. The number of aryl methyl sites for hydroxylation is 2. The molecule has 0 aliphatic carbocycles. The molecule has 25 heavy (non-hydrogen) atoms. The number of likely N-dealkylation sites (tertiary alicyclic amines) is 1. The third-order valence-corrected chi connectivity index (χ3v) is 5.35. The van der Waals surface area contributed by atoms with Crippen molar-refractivity contribution in [2.45, 2.75) is 46.0 Å². The van der Waals surface area contributed by atoms with E-state index in [4.69, 9.17) is 0 Å². The van der Waals surface area contributed by atoms with E-state index >= 15 is 0 Å². The zero-order chi connectivity index (χ0) is 17.8. The van der Waals surface area contributed by atoms with E-state index in [9.17, 15) is 4.79 Å². The Bertz CT molecular complexity index is 732. The van der Waals surface area contributed by atoms with E-state index in [0.717, 1.165) is 55.3 Å². The Balaban J connectivity index is 1.56. The maximum atomic E-state index is 12.6. The topological polar surface area (TPSA) is 75.4 Å². The van der Waals surface area contributed by atoms with Crippen LogP contribution in [0, 0.1) is 19.8 Å². The van der Waals surface area contributed by atoms with Crippen LogP contribution in [0.15, 0.2) is 6.33 Å². The van der Waals surface area contributed by atoms with E-state index in [2.05, 4.69) is 20.4 Å². The molecule has 0 radical (unpaired) electrons. The lowest BCUT2D eigenvalue weighted by Gasteiger charge is -2.32. The molecule has 3 rings (SSSR count). The second-order valence-corrected chi connectivity index (χ2v) is 6.95. The van der Waals surface area contributed by atoms with Crippen LogP contribution in [-0.4, -0.2) is 57.1 Å². The fourth-order valence-corrected chi connectivity index (χ4v) is 3.73. The van der Waals surface area contributed by atoms with Crippen molar-refractivity contribution in [3.8, 4) is 0 Å². The van der Waals surface area contributed by atoms with Gasteiger partial charge in [0.2, 0.25) is 5.91 Å². The third-order valence-electron chi connectivity index (χ3n) is 5.35. The van der Waals surface area contributed by atoms with Crippen molar-refractivity contribution < 1.29 is 4.79 Å². The molecule has 7 nitrogen and oxygen atoms in total. The molecule has 0 atom stereocenters. The van der Waals surface area contributed by atoms with E-state index in [1.165, 1.54) is 12.7 Å². The van der Waals surface area contributed by atoms with Crippen LogP contribution in [0.4, 0.5) is 0 Å². The monoisotopic (exact) mass is 344 g/mol. The predicted octanol–water partition coefficient (Wildman–Crippen LogP) is 1.52. The van der Waals surface area contributed by atoms with E-state index in [-0.39, 0.29) is 5.91 Å². The normalized spacial score (nSPS) is 15.9. The molecule has 0 aromatic carbocycles. The lowest BCUT2D eigenvalue weighted by molar-refractivity contribution is -0.132. The van der Waals surface area contributed by atoms with Crippen LogP contribution in [0.25, 0.3) is 5.78 Å².